The monoisotopic (exact) mass is 291 g/mol. The Hall–Kier alpha value is -1.37. The smallest absolute Gasteiger partial charge is 0.146 e. The number of aromatic nitrogens is 3. The summed E-state index contributed by atoms with van der Waals surface area (Å²) in [7, 11) is 0. The predicted molar refractivity (Wildman–Crippen MR) is 78.7 cm³/mol. The molecule has 2 aromatic rings. The third-order valence-electron chi connectivity index (χ3n) is 3.41. The summed E-state index contributed by atoms with van der Waals surface area (Å²) < 4.78 is 7.85. The van der Waals surface area contributed by atoms with E-state index in [0.717, 1.165) is 34.7 Å². The number of hydrogen-bond acceptors (Lipinski definition) is 5. The van der Waals surface area contributed by atoms with Crippen LogP contribution < -0.4 is 0 Å². The fourth-order valence-corrected chi connectivity index (χ4v) is 3.17. The van der Waals surface area contributed by atoms with Crippen molar-refractivity contribution in [3.8, 4) is 0 Å². The maximum absolute atomic E-state index is 9.16. The molecular formula is C14H17N3O2S. The highest BCUT2D eigenvalue weighted by Gasteiger charge is 2.27. The highest BCUT2D eigenvalue weighted by molar-refractivity contribution is 7.99. The van der Waals surface area contributed by atoms with Gasteiger partial charge in [-0.3, -0.25) is 0 Å². The van der Waals surface area contributed by atoms with Crippen molar-refractivity contribution < 1.29 is 9.84 Å². The Balaban J connectivity index is 1.91. The van der Waals surface area contributed by atoms with Crippen LogP contribution in [0, 0.1) is 0 Å². The van der Waals surface area contributed by atoms with E-state index in [0.29, 0.717) is 0 Å². The van der Waals surface area contributed by atoms with Crippen molar-refractivity contribution in [3.63, 3.8) is 0 Å². The Labute approximate surface area is 121 Å². The van der Waals surface area contributed by atoms with Crippen molar-refractivity contribution in [3.05, 3.63) is 31.2 Å². The molecule has 0 aromatic carbocycles. The maximum Gasteiger partial charge on any atom is 0.146 e. The van der Waals surface area contributed by atoms with Gasteiger partial charge in [0, 0.05) is 11.9 Å². The van der Waals surface area contributed by atoms with Crippen LogP contribution in [0.4, 0.5) is 0 Å². The molecule has 2 atom stereocenters. The van der Waals surface area contributed by atoms with Gasteiger partial charge in [0.1, 0.15) is 23.2 Å². The summed E-state index contributed by atoms with van der Waals surface area (Å²) in [5.74, 6) is 0.823. The molecular weight excluding hydrogens is 274 g/mol. The lowest BCUT2D eigenvalue weighted by molar-refractivity contribution is -0.0204. The number of rotatable bonds is 5. The largest absolute Gasteiger partial charge is 0.394 e. The van der Waals surface area contributed by atoms with Crippen LogP contribution >= 0.6 is 11.8 Å². The van der Waals surface area contributed by atoms with Crippen LogP contribution in [0.5, 0.6) is 0 Å². The van der Waals surface area contributed by atoms with Crippen LogP contribution in [-0.4, -0.2) is 38.1 Å². The molecule has 0 saturated carbocycles. The van der Waals surface area contributed by atoms with E-state index < -0.39 is 0 Å². The van der Waals surface area contributed by atoms with Gasteiger partial charge in [0.2, 0.25) is 0 Å². The third-order valence-corrected chi connectivity index (χ3v) is 4.41. The highest BCUT2D eigenvalue weighted by atomic mass is 32.2. The first-order valence-corrected chi connectivity index (χ1v) is 7.63. The van der Waals surface area contributed by atoms with Gasteiger partial charge in [-0.15, -0.1) is 18.3 Å². The second-order valence-electron chi connectivity index (χ2n) is 4.71. The Morgan fingerprint density at radius 3 is 3.15 bits per heavy atom. The first kappa shape index (κ1) is 13.6. The van der Waals surface area contributed by atoms with Crippen LogP contribution in [0.3, 0.4) is 0 Å². The van der Waals surface area contributed by atoms with Crippen LogP contribution in [0.1, 0.15) is 19.1 Å². The molecule has 2 aromatic heterocycles. The lowest BCUT2D eigenvalue weighted by Gasteiger charge is -2.14. The molecule has 5 nitrogen and oxygen atoms in total. The molecule has 0 bridgehead atoms. The molecule has 1 fully saturated rings. The van der Waals surface area contributed by atoms with E-state index >= 15 is 0 Å². The third kappa shape index (κ3) is 2.46. The summed E-state index contributed by atoms with van der Waals surface area (Å²) in [6.07, 6.45) is 7.11. The van der Waals surface area contributed by atoms with Crippen LogP contribution in [-0.2, 0) is 4.74 Å². The zero-order valence-corrected chi connectivity index (χ0v) is 11.9. The Morgan fingerprint density at radius 1 is 1.50 bits per heavy atom. The summed E-state index contributed by atoms with van der Waals surface area (Å²) in [5, 5.41) is 11.2. The average Bonchev–Trinajstić information content (AvgIpc) is 3.10. The summed E-state index contributed by atoms with van der Waals surface area (Å²) in [5.41, 5.74) is 0.884. The van der Waals surface area contributed by atoms with E-state index in [2.05, 4.69) is 16.5 Å². The fraction of sp³-hybridized carbons (Fsp3) is 0.429. The number of aliphatic hydroxyl groups is 1. The summed E-state index contributed by atoms with van der Waals surface area (Å²) in [4.78, 5) is 8.70. The second-order valence-corrected chi connectivity index (χ2v) is 5.72. The molecule has 1 aliphatic rings. The lowest BCUT2D eigenvalue weighted by atomic mass is 10.2. The molecule has 0 amide bonds. The van der Waals surface area contributed by atoms with Gasteiger partial charge >= 0.3 is 0 Å². The molecule has 6 heteroatoms. The van der Waals surface area contributed by atoms with Crippen LogP contribution in [0.25, 0.3) is 11.0 Å². The Bertz CT molecular complexity index is 613. The van der Waals surface area contributed by atoms with Crippen molar-refractivity contribution in [2.75, 3.05) is 12.4 Å². The van der Waals surface area contributed by atoms with Crippen molar-refractivity contribution in [1.29, 1.82) is 0 Å². The number of aliphatic hydroxyl groups excluding tert-OH is 1. The number of hydrogen-bond donors (Lipinski definition) is 1. The first-order chi connectivity index (χ1) is 9.83. The minimum Gasteiger partial charge on any atom is -0.394 e. The molecule has 1 aliphatic heterocycles. The number of fused-ring (bicyclic) bond motifs is 1. The fourth-order valence-electron chi connectivity index (χ4n) is 2.46. The van der Waals surface area contributed by atoms with E-state index in [-0.39, 0.29) is 18.9 Å². The summed E-state index contributed by atoms with van der Waals surface area (Å²) in [6.45, 7) is 3.80. The topological polar surface area (TPSA) is 60.2 Å². The van der Waals surface area contributed by atoms with Gasteiger partial charge in [0.25, 0.3) is 0 Å². The number of nitrogens with zero attached hydrogens (tertiary/aromatic N) is 3. The van der Waals surface area contributed by atoms with Gasteiger partial charge in [-0.2, -0.15) is 0 Å². The van der Waals surface area contributed by atoms with Gasteiger partial charge in [0.15, 0.2) is 0 Å². The zero-order chi connectivity index (χ0) is 13.9. The van der Waals surface area contributed by atoms with E-state index in [1.165, 1.54) is 0 Å². The van der Waals surface area contributed by atoms with Gasteiger partial charge in [-0.1, -0.05) is 6.08 Å². The molecule has 0 radical (unpaired) electrons. The lowest BCUT2D eigenvalue weighted by Crippen LogP contribution is -2.14. The Morgan fingerprint density at radius 2 is 2.40 bits per heavy atom. The number of thioether (sulfide) groups is 1. The molecule has 2 unspecified atom stereocenters. The summed E-state index contributed by atoms with van der Waals surface area (Å²) >= 11 is 1.65. The van der Waals surface area contributed by atoms with E-state index in [4.69, 9.17) is 9.84 Å². The van der Waals surface area contributed by atoms with E-state index in [9.17, 15) is 0 Å². The van der Waals surface area contributed by atoms with E-state index in [1.807, 2.05) is 22.9 Å². The first-order valence-electron chi connectivity index (χ1n) is 6.65. The minimum absolute atomic E-state index is 0.0446. The van der Waals surface area contributed by atoms with Crippen molar-refractivity contribution in [2.24, 2.45) is 0 Å². The normalized spacial score (nSPS) is 22.4. The molecule has 3 heterocycles. The molecule has 1 N–H and O–H groups in total. The average molecular weight is 291 g/mol. The SMILES string of the molecule is C=CCSc1ncnc2c1ccn2C1CCC(CO)O1. The molecule has 0 aliphatic carbocycles. The Kier molecular flexibility index (Phi) is 4.05. The van der Waals surface area contributed by atoms with Gasteiger partial charge in [0.05, 0.1) is 18.1 Å². The standard InChI is InChI=1S/C14H17N3O2S/c1-2-7-20-14-11-5-6-17(13(11)15-9-16-14)12-4-3-10(8-18)19-12/h2,5-6,9-10,12,18H,1,3-4,7-8H2. The van der Waals surface area contributed by atoms with Crippen LogP contribution in [0.2, 0.25) is 0 Å². The molecule has 0 spiro atoms. The van der Waals surface area contributed by atoms with E-state index in [1.54, 1.807) is 18.1 Å². The zero-order valence-electron chi connectivity index (χ0n) is 11.1. The molecule has 1 saturated heterocycles. The van der Waals surface area contributed by atoms with Crippen molar-refractivity contribution >= 4 is 22.8 Å². The number of ether oxygens (including phenoxy) is 1. The van der Waals surface area contributed by atoms with Gasteiger partial charge in [-0.25, -0.2) is 9.97 Å². The molecule has 3 rings (SSSR count). The predicted octanol–water partition coefficient (Wildman–Crippen LogP) is 2.38. The minimum atomic E-state index is -0.0612. The van der Waals surface area contributed by atoms with Gasteiger partial charge < -0.3 is 14.4 Å². The molecule has 106 valence electrons. The van der Waals surface area contributed by atoms with Crippen molar-refractivity contribution in [2.45, 2.75) is 30.2 Å². The highest BCUT2D eigenvalue weighted by Crippen LogP contribution is 2.33. The van der Waals surface area contributed by atoms with Gasteiger partial charge in [-0.05, 0) is 18.9 Å². The maximum atomic E-state index is 9.16. The second kappa shape index (κ2) is 5.95. The van der Waals surface area contributed by atoms with Crippen molar-refractivity contribution in [1.82, 2.24) is 14.5 Å². The quantitative estimate of drug-likeness (QED) is 0.520. The molecule has 20 heavy (non-hydrogen) atoms. The van der Waals surface area contributed by atoms with Crippen LogP contribution in [0.15, 0.2) is 36.3 Å². The summed E-state index contributed by atoms with van der Waals surface area (Å²) in [6, 6.07) is 2.02.